The SMILES string of the molecule is Cc1nnnn1-c1ccc(C(=O)N(Cc2ccccc2)C2CCN(C)CC2)cc1. The van der Waals surface area contributed by atoms with Crippen LogP contribution in [0.25, 0.3) is 5.69 Å². The maximum absolute atomic E-state index is 13.5. The van der Waals surface area contributed by atoms with Crippen molar-refractivity contribution in [3.8, 4) is 5.69 Å². The predicted octanol–water partition coefficient (Wildman–Crippen LogP) is 2.71. The van der Waals surface area contributed by atoms with E-state index in [1.807, 2.05) is 54.3 Å². The van der Waals surface area contributed by atoms with Crippen LogP contribution in [0.1, 0.15) is 34.6 Å². The monoisotopic (exact) mass is 390 g/mol. The molecule has 2 aromatic carbocycles. The Balaban J connectivity index is 1.57. The summed E-state index contributed by atoms with van der Waals surface area (Å²) in [5.41, 5.74) is 2.69. The van der Waals surface area contributed by atoms with Crippen molar-refractivity contribution < 1.29 is 4.79 Å². The third-order valence-electron chi connectivity index (χ3n) is 5.57. The van der Waals surface area contributed by atoms with Crippen LogP contribution in [0.5, 0.6) is 0 Å². The van der Waals surface area contributed by atoms with Gasteiger partial charge in [0.1, 0.15) is 0 Å². The van der Waals surface area contributed by atoms with E-state index in [1.54, 1.807) is 4.68 Å². The lowest BCUT2D eigenvalue weighted by molar-refractivity contribution is 0.0569. The molecule has 1 fully saturated rings. The number of carbonyl (C=O) groups excluding carboxylic acids is 1. The molecule has 0 unspecified atom stereocenters. The van der Waals surface area contributed by atoms with E-state index in [0.717, 1.165) is 37.2 Å². The van der Waals surface area contributed by atoms with Crippen molar-refractivity contribution >= 4 is 5.91 Å². The number of aryl methyl sites for hydroxylation is 1. The number of tetrazole rings is 1. The van der Waals surface area contributed by atoms with Gasteiger partial charge >= 0.3 is 0 Å². The van der Waals surface area contributed by atoms with Crippen LogP contribution in [-0.2, 0) is 6.54 Å². The molecule has 0 N–H and O–H groups in total. The van der Waals surface area contributed by atoms with Crippen LogP contribution in [0.4, 0.5) is 0 Å². The highest BCUT2D eigenvalue weighted by Crippen LogP contribution is 2.22. The van der Waals surface area contributed by atoms with Crippen LogP contribution in [0.15, 0.2) is 54.6 Å². The Kier molecular flexibility index (Phi) is 5.67. The molecule has 0 aliphatic carbocycles. The second-order valence-electron chi connectivity index (χ2n) is 7.64. The molecule has 2 heterocycles. The quantitative estimate of drug-likeness (QED) is 0.670. The number of likely N-dealkylation sites (tertiary alicyclic amines) is 1. The fourth-order valence-corrected chi connectivity index (χ4v) is 3.83. The summed E-state index contributed by atoms with van der Waals surface area (Å²) in [6, 6.07) is 18.0. The number of piperidine rings is 1. The van der Waals surface area contributed by atoms with Crippen molar-refractivity contribution in [3.63, 3.8) is 0 Å². The van der Waals surface area contributed by atoms with Crippen molar-refractivity contribution in [2.45, 2.75) is 32.4 Å². The van der Waals surface area contributed by atoms with E-state index in [1.165, 1.54) is 0 Å². The highest BCUT2D eigenvalue weighted by molar-refractivity contribution is 5.94. The lowest BCUT2D eigenvalue weighted by Crippen LogP contribution is -2.46. The van der Waals surface area contributed by atoms with E-state index in [-0.39, 0.29) is 11.9 Å². The summed E-state index contributed by atoms with van der Waals surface area (Å²) in [4.78, 5) is 17.8. The van der Waals surface area contributed by atoms with E-state index in [4.69, 9.17) is 0 Å². The summed E-state index contributed by atoms with van der Waals surface area (Å²) in [5.74, 6) is 0.782. The highest BCUT2D eigenvalue weighted by Gasteiger charge is 2.28. The molecule has 3 aromatic rings. The number of nitrogens with zero attached hydrogens (tertiary/aromatic N) is 6. The van der Waals surface area contributed by atoms with E-state index in [2.05, 4.69) is 39.6 Å². The third kappa shape index (κ3) is 4.35. The van der Waals surface area contributed by atoms with Gasteiger partial charge in [0.15, 0.2) is 5.82 Å². The van der Waals surface area contributed by atoms with Gasteiger partial charge in [0.05, 0.1) is 5.69 Å². The molecular weight excluding hydrogens is 364 g/mol. The predicted molar refractivity (Wildman–Crippen MR) is 111 cm³/mol. The van der Waals surface area contributed by atoms with Crippen molar-refractivity contribution in [1.29, 1.82) is 0 Å². The first kappa shape index (κ1) is 19.3. The first-order valence-corrected chi connectivity index (χ1v) is 10.0. The minimum Gasteiger partial charge on any atom is -0.331 e. The van der Waals surface area contributed by atoms with Crippen molar-refractivity contribution in [2.75, 3.05) is 20.1 Å². The Morgan fingerprint density at radius 3 is 2.38 bits per heavy atom. The number of hydrogen-bond acceptors (Lipinski definition) is 5. The summed E-state index contributed by atoms with van der Waals surface area (Å²) in [6.07, 6.45) is 1.99. The molecule has 0 atom stereocenters. The number of benzene rings is 2. The van der Waals surface area contributed by atoms with Gasteiger partial charge in [0.2, 0.25) is 0 Å². The van der Waals surface area contributed by atoms with Crippen LogP contribution >= 0.6 is 0 Å². The molecule has 7 nitrogen and oxygen atoms in total. The van der Waals surface area contributed by atoms with E-state index in [9.17, 15) is 4.79 Å². The second-order valence-corrected chi connectivity index (χ2v) is 7.64. The van der Waals surface area contributed by atoms with Gasteiger partial charge in [-0.1, -0.05) is 30.3 Å². The normalized spacial score (nSPS) is 15.4. The van der Waals surface area contributed by atoms with E-state index >= 15 is 0 Å². The van der Waals surface area contributed by atoms with Crippen molar-refractivity contribution in [3.05, 3.63) is 71.5 Å². The molecular formula is C22H26N6O. The molecule has 1 aliphatic rings. The molecule has 0 saturated carbocycles. The molecule has 1 aliphatic heterocycles. The van der Waals surface area contributed by atoms with Gasteiger partial charge in [-0.3, -0.25) is 4.79 Å². The van der Waals surface area contributed by atoms with Gasteiger partial charge in [-0.2, -0.15) is 4.68 Å². The maximum atomic E-state index is 13.5. The average Bonchev–Trinajstić information content (AvgIpc) is 3.19. The summed E-state index contributed by atoms with van der Waals surface area (Å²) < 4.78 is 1.66. The van der Waals surface area contributed by atoms with Gasteiger partial charge in [-0.25, -0.2) is 0 Å². The smallest absolute Gasteiger partial charge is 0.254 e. The van der Waals surface area contributed by atoms with Crippen molar-refractivity contribution in [2.24, 2.45) is 0 Å². The first-order chi connectivity index (χ1) is 14.1. The Morgan fingerprint density at radius 1 is 1.07 bits per heavy atom. The Labute approximate surface area is 170 Å². The third-order valence-corrected chi connectivity index (χ3v) is 5.57. The summed E-state index contributed by atoms with van der Waals surface area (Å²) >= 11 is 0. The largest absolute Gasteiger partial charge is 0.331 e. The molecule has 0 bridgehead atoms. The fraction of sp³-hybridized carbons (Fsp3) is 0.364. The summed E-state index contributed by atoms with van der Waals surface area (Å²) in [5, 5.41) is 11.6. The van der Waals surface area contributed by atoms with Gasteiger partial charge in [0, 0.05) is 18.2 Å². The van der Waals surface area contributed by atoms with Gasteiger partial charge in [-0.05, 0) is 80.2 Å². The zero-order valence-corrected chi connectivity index (χ0v) is 16.9. The Morgan fingerprint density at radius 2 is 1.76 bits per heavy atom. The Hall–Kier alpha value is -3.06. The molecule has 150 valence electrons. The minimum atomic E-state index is 0.0726. The molecule has 1 aromatic heterocycles. The highest BCUT2D eigenvalue weighted by atomic mass is 16.2. The van der Waals surface area contributed by atoms with Gasteiger partial charge in [-0.15, -0.1) is 5.10 Å². The second kappa shape index (κ2) is 8.53. The number of amides is 1. The number of carbonyl (C=O) groups is 1. The molecule has 0 radical (unpaired) electrons. The van der Waals surface area contributed by atoms with E-state index < -0.39 is 0 Å². The van der Waals surface area contributed by atoms with Crippen LogP contribution in [0, 0.1) is 6.92 Å². The zero-order valence-electron chi connectivity index (χ0n) is 16.9. The summed E-state index contributed by atoms with van der Waals surface area (Å²) in [7, 11) is 2.14. The average molecular weight is 390 g/mol. The molecule has 0 spiro atoms. The number of aromatic nitrogens is 4. The maximum Gasteiger partial charge on any atom is 0.254 e. The standard InChI is InChI=1S/C22H26N6O/c1-17-23-24-25-28(17)21-10-8-19(9-11-21)22(29)27(16-18-6-4-3-5-7-18)20-12-14-26(2)15-13-20/h3-11,20H,12-16H2,1-2H3. The molecule has 29 heavy (non-hydrogen) atoms. The number of rotatable bonds is 5. The molecule has 4 rings (SSSR count). The van der Waals surface area contributed by atoms with Gasteiger partial charge in [0.25, 0.3) is 5.91 Å². The van der Waals surface area contributed by atoms with Crippen LogP contribution in [0.3, 0.4) is 0 Å². The topological polar surface area (TPSA) is 67.2 Å². The van der Waals surface area contributed by atoms with Crippen LogP contribution in [0.2, 0.25) is 0 Å². The van der Waals surface area contributed by atoms with Crippen LogP contribution < -0.4 is 0 Å². The number of hydrogen-bond donors (Lipinski definition) is 0. The molecule has 7 heteroatoms. The Bertz CT molecular complexity index is 945. The van der Waals surface area contributed by atoms with Crippen LogP contribution in [-0.4, -0.2) is 62.1 Å². The van der Waals surface area contributed by atoms with Crippen molar-refractivity contribution in [1.82, 2.24) is 30.0 Å². The van der Waals surface area contributed by atoms with E-state index in [0.29, 0.717) is 17.9 Å². The summed E-state index contributed by atoms with van der Waals surface area (Å²) in [6.45, 7) is 4.50. The lowest BCUT2D eigenvalue weighted by Gasteiger charge is -2.37. The molecule has 1 saturated heterocycles. The fourth-order valence-electron chi connectivity index (χ4n) is 3.83. The first-order valence-electron chi connectivity index (χ1n) is 10.0. The lowest BCUT2D eigenvalue weighted by atomic mass is 10.0. The molecule has 1 amide bonds. The minimum absolute atomic E-state index is 0.0726. The van der Waals surface area contributed by atoms with Gasteiger partial charge < -0.3 is 9.80 Å². The zero-order chi connectivity index (χ0) is 20.2.